The molecular weight excluding hydrogens is 460 g/mol. The normalized spacial score (nSPS) is 11.9. The van der Waals surface area contributed by atoms with Crippen molar-refractivity contribution in [3.63, 3.8) is 0 Å². The third-order valence-electron chi connectivity index (χ3n) is 5.19. The van der Waals surface area contributed by atoms with Gasteiger partial charge in [-0.25, -0.2) is 0 Å². The van der Waals surface area contributed by atoms with Crippen molar-refractivity contribution in [2.75, 3.05) is 26.6 Å². The smallest absolute Gasteiger partial charge is 0.262 e. The Morgan fingerprint density at radius 2 is 1.78 bits per heavy atom. The van der Waals surface area contributed by atoms with Crippen LogP contribution in [0.2, 0.25) is 0 Å². The molecular formula is C28H26N2O6. The fraction of sp³-hybridized carbons (Fsp3) is 0.214. The predicted octanol–water partition coefficient (Wildman–Crippen LogP) is 4.50. The summed E-state index contributed by atoms with van der Waals surface area (Å²) in [5.41, 5.74) is 1.45. The molecule has 1 amide bonds. The molecule has 0 unspecified atom stereocenters. The lowest BCUT2D eigenvalue weighted by Gasteiger charge is -2.13. The van der Waals surface area contributed by atoms with E-state index in [9.17, 15) is 10.1 Å². The second-order valence-corrected chi connectivity index (χ2v) is 7.69. The van der Waals surface area contributed by atoms with Gasteiger partial charge < -0.3 is 29.0 Å². The molecule has 0 aromatic heterocycles. The summed E-state index contributed by atoms with van der Waals surface area (Å²) in [4.78, 5) is 12.6. The highest BCUT2D eigenvalue weighted by Gasteiger charge is 2.15. The van der Waals surface area contributed by atoms with E-state index < -0.39 is 5.91 Å². The molecule has 184 valence electrons. The second-order valence-electron chi connectivity index (χ2n) is 7.69. The van der Waals surface area contributed by atoms with Crippen LogP contribution in [0.1, 0.15) is 18.1 Å². The molecule has 0 bridgehead atoms. The molecule has 0 spiro atoms. The molecule has 1 aliphatic heterocycles. The zero-order chi connectivity index (χ0) is 25.2. The van der Waals surface area contributed by atoms with Gasteiger partial charge in [-0.15, -0.1) is 0 Å². The molecule has 0 saturated heterocycles. The highest BCUT2D eigenvalue weighted by molar-refractivity contribution is 6.01. The number of hydrogen-bond donors (Lipinski definition) is 1. The van der Waals surface area contributed by atoms with E-state index in [1.54, 1.807) is 30.3 Å². The summed E-state index contributed by atoms with van der Waals surface area (Å²) >= 11 is 0. The highest BCUT2D eigenvalue weighted by Crippen LogP contribution is 2.32. The number of carbonyl (C=O) groups is 1. The first-order chi connectivity index (χ1) is 17.7. The highest BCUT2D eigenvalue weighted by atomic mass is 16.7. The molecule has 1 heterocycles. The Labute approximate surface area is 209 Å². The average molecular weight is 487 g/mol. The van der Waals surface area contributed by atoms with Crippen molar-refractivity contribution < 1.29 is 28.5 Å². The minimum absolute atomic E-state index is 0.0249. The zero-order valence-corrected chi connectivity index (χ0v) is 19.9. The standard InChI is InChI=1S/C28H26N2O6/c1-2-32-26-15-20(8-10-24(26)34-13-12-33-23-6-4-3-5-7-23)14-22(17-29)28(31)30-18-21-9-11-25-27(16-21)36-19-35-25/h3-11,14-16H,2,12-13,18-19H2,1H3,(H,30,31)/b22-14+. The Morgan fingerprint density at radius 1 is 0.972 bits per heavy atom. The topological polar surface area (TPSA) is 99.0 Å². The number of nitrogens with one attached hydrogen (secondary N) is 1. The van der Waals surface area contributed by atoms with Crippen LogP contribution in [0.25, 0.3) is 6.08 Å². The van der Waals surface area contributed by atoms with Gasteiger partial charge in [-0.1, -0.05) is 30.3 Å². The average Bonchev–Trinajstić information content (AvgIpc) is 3.38. The van der Waals surface area contributed by atoms with Crippen molar-refractivity contribution in [2.45, 2.75) is 13.5 Å². The van der Waals surface area contributed by atoms with Crippen LogP contribution < -0.4 is 29.0 Å². The Morgan fingerprint density at radius 3 is 2.58 bits per heavy atom. The second kappa shape index (κ2) is 12.2. The fourth-order valence-corrected chi connectivity index (χ4v) is 3.47. The van der Waals surface area contributed by atoms with Crippen molar-refractivity contribution >= 4 is 12.0 Å². The van der Waals surface area contributed by atoms with Gasteiger partial charge in [-0.3, -0.25) is 4.79 Å². The molecule has 0 radical (unpaired) electrons. The summed E-state index contributed by atoms with van der Waals surface area (Å²) in [5.74, 6) is 2.67. The van der Waals surface area contributed by atoms with Crippen LogP contribution in [0.4, 0.5) is 0 Å². The summed E-state index contributed by atoms with van der Waals surface area (Å²) in [7, 11) is 0. The molecule has 0 saturated carbocycles. The van der Waals surface area contributed by atoms with Crippen LogP contribution in [0.5, 0.6) is 28.7 Å². The zero-order valence-electron chi connectivity index (χ0n) is 19.9. The van der Waals surface area contributed by atoms with Gasteiger partial charge in [0.2, 0.25) is 6.79 Å². The Balaban J connectivity index is 1.37. The van der Waals surface area contributed by atoms with Crippen molar-refractivity contribution in [1.29, 1.82) is 5.26 Å². The monoisotopic (exact) mass is 486 g/mol. The maximum atomic E-state index is 12.6. The van der Waals surface area contributed by atoms with Gasteiger partial charge in [0, 0.05) is 6.54 Å². The summed E-state index contributed by atoms with van der Waals surface area (Å²) in [6.45, 7) is 3.44. The van der Waals surface area contributed by atoms with E-state index in [1.807, 2.05) is 49.4 Å². The lowest BCUT2D eigenvalue weighted by molar-refractivity contribution is -0.117. The number of fused-ring (bicyclic) bond motifs is 1. The van der Waals surface area contributed by atoms with E-state index in [4.69, 9.17) is 23.7 Å². The quantitative estimate of drug-likeness (QED) is 0.242. The van der Waals surface area contributed by atoms with E-state index in [-0.39, 0.29) is 18.9 Å². The number of amides is 1. The van der Waals surface area contributed by atoms with Crippen LogP contribution in [0, 0.1) is 11.3 Å². The van der Waals surface area contributed by atoms with Gasteiger partial charge in [0.15, 0.2) is 23.0 Å². The van der Waals surface area contributed by atoms with Gasteiger partial charge in [0.25, 0.3) is 5.91 Å². The van der Waals surface area contributed by atoms with Crippen LogP contribution in [-0.4, -0.2) is 32.5 Å². The van der Waals surface area contributed by atoms with E-state index in [2.05, 4.69) is 5.32 Å². The molecule has 0 aliphatic carbocycles. The Hall–Kier alpha value is -4.64. The molecule has 36 heavy (non-hydrogen) atoms. The predicted molar refractivity (Wildman–Crippen MR) is 133 cm³/mol. The van der Waals surface area contributed by atoms with Gasteiger partial charge in [-0.05, 0) is 60.5 Å². The van der Waals surface area contributed by atoms with Crippen molar-refractivity contribution in [3.8, 4) is 34.8 Å². The summed E-state index contributed by atoms with van der Waals surface area (Å²) in [5, 5.41) is 12.3. The Kier molecular flexibility index (Phi) is 8.28. The van der Waals surface area contributed by atoms with E-state index >= 15 is 0 Å². The number of hydrogen-bond acceptors (Lipinski definition) is 7. The van der Waals surface area contributed by atoms with E-state index in [0.29, 0.717) is 48.4 Å². The number of nitriles is 1. The molecule has 3 aromatic rings. The first-order valence-corrected chi connectivity index (χ1v) is 11.5. The molecule has 3 aromatic carbocycles. The van der Waals surface area contributed by atoms with Crippen LogP contribution in [-0.2, 0) is 11.3 Å². The first kappa shape index (κ1) is 24.5. The molecule has 0 fully saturated rings. The number of carbonyl (C=O) groups excluding carboxylic acids is 1. The first-order valence-electron chi connectivity index (χ1n) is 11.5. The fourth-order valence-electron chi connectivity index (χ4n) is 3.47. The molecule has 1 N–H and O–H groups in total. The van der Waals surface area contributed by atoms with E-state index in [1.165, 1.54) is 6.08 Å². The van der Waals surface area contributed by atoms with Crippen molar-refractivity contribution in [1.82, 2.24) is 5.32 Å². The van der Waals surface area contributed by atoms with Gasteiger partial charge in [0.05, 0.1) is 6.61 Å². The maximum Gasteiger partial charge on any atom is 0.262 e. The summed E-state index contributed by atoms with van der Waals surface area (Å²) in [6.07, 6.45) is 1.51. The third kappa shape index (κ3) is 6.48. The number of benzene rings is 3. The third-order valence-corrected chi connectivity index (χ3v) is 5.19. The van der Waals surface area contributed by atoms with Crippen molar-refractivity contribution in [3.05, 3.63) is 83.4 Å². The van der Waals surface area contributed by atoms with Crippen LogP contribution in [0.15, 0.2) is 72.3 Å². The molecule has 1 aliphatic rings. The lowest BCUT2D eigenvalue weighted by atomic mass is 10.1. The Bertz CT molecular complexity index is 1270. The maximum absolute atomic E-state index is 12.6. The minimum Gasteiger partial charge on any atom is -0.490 e. The minimum atomic E-state index is -0.480. The molecule has 4 rings (SSSR count). The van der Waals surface area contributed by atoms with Crippen LogP contribution in [0.3, 0.4) is 0 Å². The summed E-state index contributed by atoms with van der Waals surface area (Å²) in [6, 6.07) is 22.1. The number of nitrogens with zero attached hydrogens (tertiary/aromatic N) is 1. The van der Waals surface area contributed by atoms with E-state index in [0.717, 1.165) is 11.3 Å². The number of ether oxygens (including phenoxy) is 5. The molecule has 0 atom stereocenters. The van der Waals surface area contributed by atoms with Gasteiger partial charge in [-0.2, -0.15) is 5.26 Å². The van der Waals surface area contributed by atoms with Gasteiger partial charge >= 0.3 is 0 Å². The van der Waals surface area contributed by atoms with Crippen LogP contribution >= 0.6 is 0 Å². The molecule has 8 heteroatoms. The SMILES string of the molecule is CCOc1cc(/C=C(\C#N)C(=O)NCc2ccc3c(c2)OCO3)ccc1OCCOc1ccccc1. The van der Waals surface area contributed by atoms with Gasteiger partial charge in [0.1, 0.15) is 30.6 Å². The largest absolute Gasteiger partial charge is 0.490 e. The lowest BCUT2D eigenvalue weighted by Crippen LogP contribution is -2.23. The number of para-hydroxylation sites is 1. The summed E-state index contributed by atoms with van der Waals surface area (Å²) < 4.78 is 27.8. The molecule has 8 nitrogen and oxygen atoms in total. The number of rotatable bonds is 11. The van der Waals surface area contributed by atoms with Crippen molar-refractivity contribution in [2.24, 2.45) is 0 Å².